The zero-order valence-electron chi connectivity index (χ0n) is 9.68. The van der Waals surface area contributed by atoms with E-state index >= 15 is 0 Å². The second kappa shape index (κ2) is 5.84. The fraction of sp³-hybridized carbons (Fsp3) is 0.636. The highest BCUT2D eigenvalue weighted by Crippen LogP contribution is 2.22. The number of ketones is 1. The van der Waals surface area contributed by atoms with Gasteiger partial charge in [-0.2, -0.15) is 0 Å². The minimum Gasteiger partial charge on any atom is -0.355 e. The molecule has 2 unspecified atom stereocenters. The first-order valence-corrected chi connectivity index (χ1v) is 5.41. The molecule has 1 aliphatic rings. The summed E-state index contributed by atoms with van der Waals surface area (Å²) in [7, 11) is 5.24. The van der Waals surface area contributed by atoms with Crippen molar-refractivity contribution in [1.29, 1.82) is 0 Å². The normalized spacial score (nSPS) is 25.2. The molecule has 0 aliphatic carbocycles. The molecule has 0 saturated carbocycles. The monoisotopic (exact) mass is 221 g/mol. The fourth-order valence-corrected chi connectivity index (χ4v) is 1.89. The number of rotatable bonds is 4. The summed E-state index contributed by atoms with van der Waals surface area (Å²) in [5.74, 6) is -0.442. The molecule has 4 nitrogen and oxygen atoms in total. The van der Waals surface area contributed by atoms with Crippen molar-refractivity contribution in [3.8, 4) is 0 Å². The lowest BCUT2D eigenvalue weighted by atomic mass is 10.0. The van der Waals surface area contributed by atoms with Gasteiger partial charge in [0.15, 0.2) is 11.6 Å². The van der Waals surface area contributed by atoms with Gasteiger partial charge in [0, 0.05) is 0 Å². The Kier molecular flexibility index (Phi) is 4.74. The fourth-order valence-electron chi connectivity index (χ4n) is 1.89. The van der Waals surface area contributed by atoms with E-state index in [0.717, 1.165) is 6.42 Å². The molecule has 5 heteroatoms. The summed E-state index contributed by atoms with van der Waals surface area (Å²) >= 11 is 0. The zero-order chi connectivity index (χ0) is 12.1. The Labute approximate surface area is 97.0 Å². The number of nitrogens with zero attached hydrogens (tertiary/aromatic N) is 1. The Hall–Kier alpha value is -1.10. The van der Waals surface area contributed by atoms with Crippen LogP contribution in [0.25, 0.3) is 0 Å². The van der Waals surface area contributed by atoms with Gasteiger partial charge >= 0.3 is 0 Å². The first-order valence-electron chi connectivity index (χ1n) is 5.41. The zero-order valence-corrected chi connectivity index (χ0v) is 9.68. The smallest absolute Gasteiger partial charge is 0.200 e. The summed E-state index contributed by atoms with van der Waals surface area (Å²) in [4.78, 5) is 23.3. The molecule has 86 valence electrons. The third-order valence-electron chi connectivity index (χ3n) is 2.68. The molecular weight excluding hydrogens is 205 g/mol. The molecule has 1 saturated heterocycles. The van der Waals surface area contributed by atoms with Crippen molar-refractivity contribution in [1.82, 2.24) is 4.90 Å². The van der Waals surface area contributed by atoms with E-state index in [2.05, 4.69) is 0 Å². The summed E-state index contributed by atoms with van der Waals surface area (Å²) < 4.78 is 5.47. The Bertz CT molecular complexity index is 304. The lowest BCUT2D eigenvalue weighted by Crippen LogP contribution is -2.38. The average Bonchev–Trinajstić information content (AvgIpc) is 2.60. The third-order valence-corrected chi connectivity index (χ3v) is 2.68. The van der Waals surface area contributed by atoms with E-state index in [1.54, 1.807) is 6.08 Å². The molecule has 2 radical (unpaired) electrons. The summed E-state index contributed by atoms with van der Waals surface area (Å²) in [6.07, 6.45) is 4.65. The highest BCUT2D eigenvalue weighted by molar-refractivity contribution is 6.56. The molecule has 0 spiro atoms. The van der Waals surface area contributed by atoms with E-state index in [9.17, 15) is 9.59 Å². The number of carbonyl (C=O) groups excluding carboxylic acids is 2. The first-order chi connectivity index (χ1) is 7.56. The Balaban J connectivity index is 2.55. The van der Waals surface area contributed by atoms with E-state index < -0.39 is 5.81 Å². The molecule has 16 heavy (non-hydrogen) atoms. The molecule has 1 rings (SSSR count). The third kappa shape index (κ3) is 3.20. The van der Waals surface area contributed by atoms with Gasteiger partial charge in [-0.05, 0) is 25.8 Å². The van der Waals surface area contributed by atoms with Gasteiger partial charge in [0.25, 0.3) is 0 Å². The van der Waals surface area contributed by atoms with Crippen LogP contribution in [0.1, 0.15) is 26.7 Å². The van der Waals surface area contributed by atoms with E-state index in [1.807, 2.05) is 6.92 Å². The van der Waals surface area contributed by atoms with Gasteiger partial charge < -0.3 is 9.64 Å². The van der Waals surface area contributed by atoms with Crippen LogP contribution in [0, 0.1) is 0 Å². The van der Waals surface area contributed by atoms with Crippen LogP contribution in [0.15, 0.2) is 12.2 Å². The molecule has 2 atom stereocenters. The van der Waals surface area contributed by atoms with Crippen molar-refractivity contribution < 1.29 is 14.3 Å². The number of hydrogen-bond donors (Lipinski definition) is 0. The van der Waals surface area contributed by atoms with Crippen LogP contribution in [-0.4, -0.2) is 43.2 Å². The van der Waals surface area contributed by atoms with Gasteiger partial charge in [-0.1, -0.05) is 13.0 Å². The quantitative estimate of drug-likeness (QED) is 0.530. The molecule has 1 aliphatic heterocycles. The van der Waals surface area contributed by atoms with Crippen LogP contribution < -0.4 is 0 Å². The van der Waals surface area contributed by atoms with Crippen molar-refractivity contribution in [2.24, 2.45) is 0 Å². The molecule has 1 amide bonds. The maximum Gasteiger partial charge on any atom is 0.200 e. The number of ether oxygens (including phenoxy) is 1. The van der Waals surface area contributed by atoms with Crippen LogP contribution in [-0.2, 0) is 9.53 Å². The molecule has 1 heterocycles. The lowest BCUT2D eigenvalue weighted by molar-refractivity contribution is -0.112. The van der Waals surface area contributed by atoms with Crippen molar-refractivity contribution >= 4 is 19.4 Å². The summed E-state index contributed by atoms with van der Waals surface area (Å²) in [6.45, 7) is 3.72. The summed E-state index contributed by atoms with van der Waals surface area (Å²) in [6, 6.07) is 0.00843. The average molecular weight is 221 g/mol. The number of hydrogen-bond acceptors (Lipinski definition) is 3. The second-order valence-electron chi connectivity index (χ2n) is 3.87. The lowest BCUT2D eigenvalue weighted by Gasteiger charge is -2.23. The minimum atomic E-state index is -0.454. The molecule has 0 aromatic carbocycles. The van der Waals surface area contributed by atoms with Gasteiger partial charge in [0.05, 0.1) is 12.1 Å². The van der Waals surface area contributed by atoms with Crippen LogP contribution >= 0.6 is 0 Å². The van der Waals surface area contributed by atoms with E-state index in [-0.39, 0.29) is 24.7 Å². The summed E-state index contributed by atoms with van der Waals surface area (Å²) in [5, 5.41) is 0. The molecule has 0 aromatic rings. The van der Waals surface area contributed by atoms with Crippen molar-refractivity contribution in [2.75, 3.05) is 6.73 Å². The van der Waals surface area contributed by atoms with Gasteiger partial charge in [-0.3, -0.25) is 9.59 Å². The highest BCUT2D eigenvalue weighted by Gasteiger charge is 2.33. The first kappa shape index (κ1) is 13.0. The van der Waals surface area contributed by atoms with E-state index in [4.69, 9.17) is 12.6 Å². The standard InChI is InChI=1S/C11H16BNO3/c1-3-9-10(6-4-5-8(2)14)16-7-13(9)11(12)15/h4-5,9-10H,3,6-7H2,1-2H3/b5-4+. The number of amides is 1. The SMILES string of the molecule is [B]C(=O)N1COC(C/C=C/C(C)=O)C1CC. The predicted octanol–water partition coefficient (Wildman–Crippen LogP) is 1.25. The molecule has 0 aromatic heterocycles. The second-order valence-corrected chi connectivity index (χ2v) is 3.87. The number of allylic oxidation sites excluding steroid dienone is 1. The van der Waals surface area contributed by atoms with Crippen LogP contribution in [0.4, 0.5) is 4.79 Å². The Morgan fingerprint density at radius 1 is 1.56 bits per heavy atom. The summed E-state index contributed by atoms with van der Waals surface area (Å²) in [5.41, 5.74) is 0. The minimum absolute atomic E-state index is 0.00843. The maximum absolute atomic E-state index is 11.1. The number of carbonyl (C=O) groups is 2. The highest BCUT2D eigenvalue weighted by atomic mass is 16.5. The van der Waals surface area contributed by atoms with E-state index in [1.165, 1.54) is 17.9 Å². The van der Waals surface area contributed by atoms with Gasteiger partial charge in [0.1, 0.15) is 6.73 Å². The predicted molar refractivity (Wildman–Crippen MR) is 61.2 cm³/mol. The molecular formula is C11H16BNO3. The maximum atomic E-state index is 11.1. The molecule has 1 fully saturated rings. The van der Waals surface area contributed by atoms with Gasteiger partial charge in [-0.25, -0.2) is 0 Å². The topological polar surface area (TPSA) is 46.6 Å². The van der Waals surface area contributed by atoms with Crippen molar-refractivity contribution in [2.45, 2.75) is 38.8 Å². The Morgan fingerprint density at radius 3 is 2.75 bits per heavy atom. The van der Waals surface area contributed by atoms with Gasteiger partial charge in [0.2, 0.25) is 7.85 Å². The van der Waals surface area contributed by atoms with Crippen LogP contribution in [0.2, 0.25) is 0 Å². The van der Waals surface area contributed by atoms with Gasteiger partial charge in [-0.15, -0.1) is 0 Å². The van der Waals surface area contributed by atoms with E-state index in [0.29, 0.717) is 6.42 Å². The van der Waals surface area contributed by atoms with Crippen molar-refractivity contribution in [3.05, 3.63) is 12.2 Å². The Morgan fingerprint density at radius 2 is 2.25 bits per heavy atom. The van der Waals surface area contributed by atoms with Crippen molar-refractivity contribution in [3.63, 3.8) is 0 Å². The van der Waals surface area contributed by atoms with Crippen LogP contribution in [0.3, 0.4) is 0 Å². The largest absolute Gasteiger partial charge is 0.355 e. The van der Waals surface area contributed by atoms with Crippen LogP contribution in [0.5, 0.6) is 0 Å². The molecule has 0 bridgehead atoms. The molecule has 0 N–H and O–H groups in total.